The van der Waals surface area contributed by atoms with E-state index in [2.05, 4.69) is 26.5 Å². The van der Waals surface area contributed by atoms with Crippen LogP contribution in [0.25, 0.3) is 0 Å². The van der Waals surface area contributed by atoms with Crippen molar-refractivity contribution >= 4 is 5.97 Å². The molecule has 0 amide bonds. The van der Waals surface area contributed by atoms with E-state index in [1.165, 1.54) is 31.3 Å². The van der Waals surface area contributed by atoms with Gasteiger partial charge in [-0.25, -0.2) is 0 Å². The molecule has 2 heteroatoms. The number of carbonyl (C=O) groups excluding carboxylic acids is 1. The maximum Gasteiger partial charge on any atom is 0.312 e. The first-order valence-electron chi connectivity index (χ1n) is 11.5. The Hall–Kier alpha value is -1.83. The molecule has 1 aromatic carbocycles. The van der Waals surface area contributed by atoms with Gasteiger partial charge in [-0.1, -0.05) is 67.5 Å². The van der Waals surface area contributed by atoms with Crippen LogP contribution in [0.1, 0.15) is 70.8 Å². The van der Waals surface area contributed by atoms with Gasteiger partial charge in [-0.15, -0.1) is 0 Å². The fourth-order valence-electron chi connectivity index (χ4n) is 7.75. The second-order valence-corrected chi connectivity index (χ2v) is 10.7. The second-order valence-electron chi connectivity index (χ2n) is 10.7. The number of hydrogen-bond acceptors (Lipinski definition) is 2. The smallest absolute Gasteiger partial charge is 0.312 e. The molecule has 5 atom stereocenters. The SMILES string of the molecule is C=C1C[C@@]23CC[C@@H]4[C@](C)(C(=O)OCc5ccccc5)CCC[C@@]4(C)C2=CC[C@@H]1C3. The molecule has 0 radical (unpaired) electrons. The van der Waals surface area contributed by atoms with E-state index in [4.69, 9.17) is 4.74 Å². The molecule has 0 aromatic heterocycles. The summed E-state index contributed by atoms with van der Waals surface area (Å²) in [5, 5.41) is 0. The van der Waals surface area contributed by atoms with Crippen molar-refractivity contribution in [3.63, 3.8) is 0 Å². The van der Waals surface area contributed by atoms with E-state index in [-0.39, 0.29) is 16.8 Å². The Labute approximate surface area is 175 Å². The molecule has 3 saturated carbocycles. The highest BCUT2D eigenvalue weighted by Gasteiger charge is 2.62. The topological polar surface area (TPSA) is 26.3 Å². The molecule has 2 bridgehead atoms. The quantitative estimate of drug-likeness (QED) is 0.428. The van der Waals surface area contributed by atoms with Gasteiger partial charge in [0.15, 0.2) is 0 Å². The van der Waals surface area contributed by atoms with Crippen LogP contribution in [0, 0.1) is 28.1 Å². The number of ether oxygens (including phenoxy) is 1. The third-order valence-electron chi connectivity index (χ3n) is 9.09. The lowest BCUT2D eigenvalue weighted by Crippen LogP contribution is -2.54. The van der Waals surface area contributed by atoms with E-state index in [0.29, 0.717) is 23.9 Å². The molecule has 29 heavy (non-hydrogen) atoms. The van der Waals surface area contributed by atoms with Crippen molar-refractivity contribution in [1.82, 2.24) is 0 Å². The first-order chi connectivity index (χ1) is 13.9. The Bertz CT molecular complexity index is 868. The normalized spacial score (nSPS) is 40.6. The molecule has 154 valence electrons. The Morgan fingerprint density at radius 2 is 1.97 bits per heavy atom. The number of esters is 1. The third kappa shape index (κ3) is 2.78. The highest BCUT2D eigenvalue weighted by molar-refractivity contribution is 5.77. The number of hydrogen-bond donors (Lipinski definition) is 0. The summed E-state index contributed by atoms with van der Waals surface area (Å²) in [5.74, 6) is 1.09. The van der Waals surface area contributed by atoms with E-state index >= 15 is 0 Å². The van der Waals surface area contributed by atoms with Gasteiger partial charge in [-0.05, 0) is 80.1 Å². The average Bonchev–Trinajstić information content (AvgIpc) is 2.94. The monoisotopic (exact) mass is 390 g/mol. The van der Waals surface area contributed by atoms with Crippen LogP contribution in [-0.4, -0.2) is 5.97 Å². The average molecular weight is 391 g/mol. The molecule has 0 N–H and O–H groups in total. The van der Waals surface area contributed by atoms with Crippen LogP contribution in [0.4, 0.5) is 0 Å². The summed E-state index contributed by atoms with van der Waals surface area (Å²) in [7, 11) is 0. The van der Waals surface area contributed by atoms with Crippen molar-refractivity contribution in [3.8, 4) is 0 Å². The minimum atomic E-state index is -0.378. The van der Waals surface area contributed by atoms with Gasteiger partial charge in [0.25, 0.3) is 0 Å². The minimum Gasteiger partial charge on any atom is -0.460 e. The number of benzene rings is 1. The van der Waals surface area contributed by atoms with E-state index in [1.54, 1.807) is 5.57 Å². The lowest BCUT2D eigenvalue weighted by atomic mass is 9.44. The van der Waals surface area contributed by atoms with Crippen molar-refractivity contribution in [2.24, 2.45) is 28.1 Å². The molecule has 0 unspecified atom stereocenters. The van der Waals surface area contributed by atoms with Crippen LogP contribution in [0.15, 0.2) is 54.1 Å². The standard InChI is InChI=1S/C27H34O2/c1-19-16-27-15-12-22-25(2,23(27)11-10-21(19)17-27)13-7-14-26(22,3)24(28)29-18-20-8-5-4-6-9-20/h4-6,8-9,11,21-22H,1,7,10,12-18H2,2-3H3/t21-,22+,25-,26-,27-/m1/s1. The molecule has 4 aliphatic carbocycles. The van der Waals surface area contributed by atoms with Gasteiger partial charge in [-0.2, -0.15) is 0 Å². The van der Waals surface area contributed by atoms with Crippen LogP contribution >= 0.6 is 0 Å². The summed E-state index contributed by atoms with van der Waals surface area (Å²) < 4.78 is 5.90. The van der Waals surface area contributed by atoms with E-state index < -0.39 is 0 Å². The molecule has 0 saturated heterocycles. The zero-order valence-electron chi connectivity index (χ0n) is 18.0. The maximum absolute atomic E-state index is 13.4. The molecule has 3 fully saturated rings. The van der Waals surface area contributed by atoms with E-state index in [1.807, 2.05) is 30.3 Å². The highest BCUT2D eigenvalue weighted by atomic mass is 16.5. The van der Waals surface area contributed by atoms with Gasteiger partial charge in [-0.3, -0.25) is 4.79 Å². The van der Waals surface area contributed by atoms with Crippen LogP contribution in [0.5, 0.6) is 0 Å². The Morgan fingerprint density at radius 3 is 2.76 bits per heavy atom. The van der Waals surface area contributed by atoms with Crippen LogP contribution < -0.4 is 0 Å². The van der Waals surface area contributed by atoms with Gasteiger partial charge >= 0.3 is 5.97 Å². The molecule has 1 spiro atoms. The predicted octanol–water partition coefficient (Wildman–Crippen LogP) is 6.62. The van der Waals surface area contributed by atoms with Crippen LogP contribution in [-0.2, 0) is 16.1 Å². The molecule has 2 nitrogen and oxygen atoms in total. The van der Waals surface area contributed by atoms with Gasteiger partial charge in [0.2, 0.25) is 0 Å². The molecule has 4 aliphatic rings. The summed E-state index contributed by atoms with van der Waals surface area (Å²) in [5.41, 5.74) is 4.31. The Balaban J connectivity index is 1.41. The fourth-order valence-corrected chi connectivity index (χ4v) is 7.75. The molecular formula is C27H34O2. The number of allylic oxidation sites excluding steroid dienone is 3. The van der Waals surface area contributed by atoms with Crippen LogP contribution in [0.2, 0.25) is 0 Å². The van der Waals surface area contributed by atoms with E-state index in [0.717, 1.165) is 31.2 Å². The highest BCUT2D eigenvalue weighted by Crippen LogP contribution is 2.70. The largest absolute Gasteiger partial charge is 0.460 e. The summed E-state index contributed by atoms with van der Waals surface area (Å²) >= 11 is 0. The number of fused-ring (bicyclic) bond motifs is 3. The van der Waals surface area contributed by atoms with Crippen molar-refractivity contribution < 1.29 is 9.53 Å². The maximum atomic E-state index is 13.4. The summed E-state index contributed by atoms with van der Waals surface area (Å²) in [6, 6.07) is 10.1. The Morgan fingerprint density at radius 1 is 1.17 bits per heavy atom. The molecule has 5 rings (SSSR count). The predicted molar refractivity (Wildman–Crippen MR) is 116 cm³/mol. The fraction of sp³-hybridized carbons (Fsp3) is 0.593. The number of rotatable bonds is 3. The van der Waals surface area contributed by atoms with Gasteiger partial charge in [0, 0.05) is 0 Å². The molecule has 0 heterocycles. The van der Waals surface area contributed by atoms with Crippen LogP contribution in [0.3, 0.4) is 0 Å². The lowest BCUT2D eigenvalue weighted by Gasteiger charge is -2.60. The Kier molecular flexibility index (Phi) is 4.35. The van der Waals surface area contributed by atoms with Crippen molar-refractivity contribution in [3.05, 3.63) is 59.7 Å². The lowest BCUT2D eigenvalue weighted by molar-refractivity contribution is -0.169. The second kappa shape index (κ2) is 6.59. The van der Waals surface area contributed by atoms with Gasteiger partial charge in [0.1, 0.15) is 6.61 Å². The molecule has 0 aliphatic heterocycles. The number of carbonyl (C=O) groups is 1. The zero-order valence-corrected chi connectivity index (χ0v) is 18.0. The van der Waals surface area contributed by atoms with E-state index in [9.17, 15) is 4.79 Å². The minimum absolute atomic E-state index is 0.0124. The summed E-state index contributed by atoms with van der Waals surface area (Å²) in [4.78, 5) is 13.4. The van der Waals surface area contributed by atoms with Crippen molar-refractivity contribution in [1.29, 1.82) is 0 Å². The van der Waals surface area contributed by atoms with Gasteiger partial charge < -0.3 is 4.74 Å². The van der Waals surface area contributed by atoms with Crippen molar-refractivity contribution in [2.75, 3.05) is 0 Å². The summed E-state index contributed by atoms with van der Waals surface area (Å²) in [6.07, 6.45) is 11.9. The molecular weight excluding hydrogens is 356 g/mol. The van der Waals surface area contributed by atoms with Crippen molar-refractivity contribution in [2.45, 2.75) is 71.8 Å². The first kappa shape index (κ1) is 19.2. The zero-order chi connectivity index (χ0) is 20.3. The van der Waals surface area contributed by atoms with Gasteiger partial charge in [0.05, 0.1) is 5.41 Å². The molecule has 1 aromatic rings. The first-order valence-corrected chi connectivity index (χ1v) is 11.5. The third-order valence-corrected chi connectivity index (χ3v) is 9.09. The summed E-state index contributed by atoms with van der Waals surface area (Å²) in [6.45, 7) is 9.45.